The topological polar surface area (TPSA) is 34.0 Å². The van der Waals surface area contributed by atoms with E-state index in [-0.39, 0.29) is 5.56 Å². The Bertz CT molecular complexity index is 529. The summed E-state index contributed by atoms with van der Waals surface area (Å²) in [4.78, 5) is 12.1. The molecule has 0 amide bonds. The molecule has 0 radical (unpaired) electrons. The number of aryl methyl sites for hydroxylation is 1. The fraction of sp³-hybridized carbons (Fsp3) is 0.462. The van der Waals surface area contributed by atoms with Crippen molar-refractivity contribution in [1.82, 2.24) is 9.88 Å². The molecule has 0 fully saturated rings. The van der Waals surface area contributed by atoms with E-state index in [1.165, 1.54) is 0 Å². The van der Waals surface area contributed by atoms with Crippen LogP contribution in [0, 0.1) is 0 Å². The lowest BCUT2D eigenvalue weighted by atomic mass is 10.3. The lowest BCUT2D eigenvalue weighted by Crippen LogP contribution is -2.22. The fourth-order valence-electron chi connectivity index (χ4n) is 1.86. The molecular formula is C13H18N2OS. The number of hydrogen-bond donors (Lipinski definition) is 1. The molecule has 4 heteroatoms. The van der Waals surface area contributed by atoms with E-state index in [1.807, 2.05) is 28.3 Å². The molecule has 0 aliphatic carbocycles. The van der Waals surface area contributed by atoms with Crippen LogP contribution in [0.25, 0.3) is 10.1 Å². The van der Waals surface area contributed by atoms with Crippen LogP contribution >= 0.6 is 11.3 Å². The van der Waals surface area contributed by atoms with E-state index >= 15 is 0 Å². The molecule has 2 heterocycles. The average molecular weight is 250 g/mol. The molecule has 1 N–H and O–H groups in total. The molecule has 2 aromatic heterocycles. The number of aromatic nitrogens is 1. The SMILES string of the molecule is CCCNCCCn1ccc2sccc2c1=O. The Morgan fingerprint density at radius 1 is 1.35 bits per heavy atom. The summed E-state index contributed by atoms with van der Waals surface area (Å²) in [6, 6.07) is 3.94. The molecule has 2 rings (SSSR count). The number of thiophene rings is 1. The smallest absolute Gasteiger partial charge is 0.259 e. The summed E-state index contributed by atoms with van der Waals surface area (Å²) in [6.07, 6.45) is 4.05. The van der Waals surface area contributed by atoms with Crippen LogP contribution < -0.4 is 10.9 Å². The number of hydrogen-bond acceptors (Lipinski definition) is 3. The van der Waals surface area contributed by atoms with Gasteiger partial charge in [-0.05, 0) is 43.4 Å². The first-order valence-electron chi connectivity index (χ1n) is 6.10. The molecule has 0 unspecified atom stereocenters. The molecule has 0 spiro atoms. The van der Waals surface area contributed by atoms with Crippen LogP contribution in [-0.4, -0.2) is 17.7 Å². The van der Waals surface area contributed by atoms with E-state index in [0.717, 1.165) is 42.6 Å². The minimum atomic E-state index is 0.138. The van der Waals surface area contributed by atoms with Crippen LogP contribution in [0.3, 0.4) is 0 Å². The van der Waals surface area contributed by atoms with E-state index in [2.05, 4.69) is 12.2 Å². The third kappa shape index (κ3) is 2.96. The first-order valence-corrected chi connectivity index (χ1v) is 6.98. The van der Waals surface area contributed by atoms with Crippen LogP contribution in [-0.2, 0) is 6.54 Å². The standard InChI is InChI=1S/C13H18N2OS/c1-2-6-14-7-3-8-15-9-4-12-11(13(15)16)5-10-17-12/h4-5,9-10,14H,2-3,6-8H2,1H3. The molecule has 0 aliphatic heterocycles. The van der Waals surface area contributed by atoms with E-state index in [4.69, 9.17) is 0 Å². The molecular weight excluding hydrogens is 232 g/mol. The Morgan fingerprint density at radius 3 is 3.06 bits per heavy atom. The maximum atomic E-state index is 12.1. The van der Waals surface area contributed by atoms with Gasteiger partial charge in [-0.1, -0.05) is 6.92 Å². The first-order chi connectivity index (χ1) is 8.33. The van der Waals surface area contributed by atoms with Crippen molar-refractivity contribution >= 4 is 21.4 Å². The molecule has 0 atom stereocenters. The number of pyridine rings is 1. The first kappa shape index (κ1) is 12.3. The van der Waals surface area contributed by atoms with Crippen LogP contribution in [0.4, 0.5) is 0 Å². The summed E-state index contributed by atoms with van der Waals surface area (Å²) in [5.41, 5.74) is 0.138. The lowest BCUT2D eigenvalue weighted by Gasteiger charge is -2.06. The van der Waals surface area contributed by atoms with Crippen molar-refractivity contribution in [1.29, 1.82) is 0 Å². The normalized spacial score (nSPS) is 11.1. The molecule has 17 heavy (non-hydrogen) atoms. The van der Waals surface area contributed by atoms with Crippen molar-refractivity contribution in [2.75, 3.05) is 13.1 Å². The minimum absolute atomic E-state index is 0.138. The maximum Gasteiger partial charge on any atom is 0.259 e. The summed E-state index contributed by atoms with van der Waals surface area (Å²) in [6.45, 7) is 4.98. The Morgan fingerprint density at radius 2 is 2.24 bits per heavy atom. The van der Waals surface area contributed by atoms with Gasteiger partial charge < -0.3 is 9.88 Å². The maximum absolute atomic E-state index is 12.1. The predicted octanol–water partition coefficient (Wildman–Crippen LogP) is 2.45. The second-order valence-corrected chi connectivity index (χ2v) is 5.06. The molecule has 0 saturated carbocycles. The van der Waals surface area contributed by atoms with Crippen molar-refractivity contribution in [3.8, 4) is 0 Å². The van der Waals surface area contributed by atoms with Crippen LogP contribution in [0.5, 0.6) is 0 Å². The van der Waals surface area contributed by atoms with Crippen LogP contribution in [0.1, 0.15) is 19.8 Å². The molecule has 3 nitrogen and oxygen atoms in total. The zero-order chi connectivity index (χ0) is 12.1. The number of fused-ring (bicyclic) bond motifs is 1. The van der Waals surface area contributed by atoms with Gasteiger partial charge in [-0.3, -0.25) is 4.79 Å². The highest BCUT2D eigenvalue weighted by Gasteiger charge is 2.02. The minimum Gasteiger partial charge on any atom is -0.317 e. The van der Waals surface area contributed by atoms with Crippen molar-refractivity contribution < 1.29 is 0 Å². The monoisotopic (exact) mass is 250 g/mol. The summed E-state index contributed by atoms with van der Waals surface area (Å²) < 4.78 is 2.89. The molecule has 0 aromatic carbocycles. The van der Waals surface area contributed by atoms with Gasteiger partial charge in [-0.2, -0.15) is 0 Å². The molecule has 2 aromatic rings. The average Bonchev–Trinajstić information content (AvgIpc) is 2.80. The van der Waals surface area contributed by atoms with Gasteiger partial charge in [0, 0.05) is 17.4 Å². The Hall–Kier alpha value is -1.13. The van der Waals surface area contributed by atoms with E-state index in [0.29, 0.717) is 0 Å². The Kier molecular flexibility index (Phi) is 4.34. The lowest BCUT2D eigenvalue weighted by molar-refractivity contribution is 0.571. The highest BCUT2D eigenvalue weighted by Crippen LogP contribution is 2.16. The zero-order valence-corrected chi connectivity index (χ0v) is 10.9. The number of rotatable bonds is 6. The van der Waals surface area contributed by atoms with E-state index in [1.54, 1.807) is 11.3 Å². The van der Waals surface area contributed by atoms with Gasteiger partial charge in [0.15, 0.2) is 0 Å². The van der Waals surface area contributed by atoms with E-state index in [9.17, 15) is 4.79 Å². The second kappa shape index (κ2) is 5.98. The zero-order valence-electron chi connectivity index (χ0n) is 10.1. The molecule has 0 aliphatic rings. The fourth-order valence-corrected chi connectivity index (χ4v) is 2.63. The molecule has 92 valence electrons. The van der Waals surface area contributed by atoms with Crippen molar-refractivity contribution in [3.63, 3.8) is 0 Å². The van der Waals surface area contributed by atoms with Crippen molar-refractivity contribution in [3.05, 3.63) is 34.1 Å². The highest BCUT2D eigenvalue weighted by molar-refractivity contribution is 7.17. The van der Waals surface area contributed by atoms with Gasteiger partial charge in [-0.15, -0.1) is 11.3 Å². The quantitative estimate of drug-likeness (QED) is 0.799. The second-order valence-electron chi connectivity index (χ2n) is 4.12. The third-order valence-corrected chi connectivity index (χ3v) is 3.65. The Labute approximate surface area is 105 Å². The number of nitrogens with zero attached hydrogens (tertiary/aromatic N) is 1. The Balaban J connectivity index is 1.99. The van der Waals surface area contributed by atoms with Gasteiger partial charge in [0.05, 0.1) is 5.39 Å². The summed E-state index contributed by atoms with van der Waals surface area (Å²) in [7, 11) is 0. The number of nitrogens with one attached hydrogen (secondary N) is 1. The summed E-state index contributed by atoms with van der Waals surface area (Å²) in [5.74, 6) is 0. The van der Waals surface area contributed by atoms with Gasteiger partial charge in [0.25, 0.3) is 5.56 Å². The summed E-state index contributed by atoms with van der Waals surface area (Å²) >= 11 is 1.62. The summed E-state index contributed by atoms with van der Waals surface area (Å²) in [5, 5.41) is 6.16. The van der Waals surface area contributed by atoms with Gasteiger partial charge in [0.1, 0.15) is 0 Å². The van der Waals surface area contributed by atoms with Gasteiger partial charge >= 0.3 is 0 Å². The molecule has 0 bridgehead atoms. The van der Waals surface area contributed by atoms with Crippen LogP contribution in [0.15, 0.2) is 28.5 Å². The largest absolute Gasteiger partial charge is 0.317 e. The van der Waals surface area contributed by atoms with Gasteiger partial charge in [-0.25, -0.2) is 0 Å². The molecule has 0 saturated heterocycles. The van der Waals surface area contributed by atoms with Gasteiger partial charge in [0.2, 0.25) is 0 Å². The third-order valence-electron chi connectivity index (χ3n) is 2.77. The predicted molar refractivity (Wildman–Crippen MR) is 73.9 cm³/mol. The highest BCUT2D eigenvalue weighted by atomic mass is 32.1. The van der Waals surface area contributed by atoms with Crippen molar-refractivity contribution in [2.24, 2.45) is 0 Å². The van der Waals surface area contributed by atoms with E-state index < -0.39 is 0 Å². The van der Waals surface area contributed by atoms with Crippen molar-refractivity contribution in [2.45, 2.75) is 26.3 Å². The van der Waals surface area contributed by atoms with Crippen LogP contribution in [0.2, 0.25) is 0 Å².